The van der Waals surface area contributed by atoms with E-state index in [1.807, 2.05) is 30.3 Å². The van der Waals surface area contributed by atoms with Gasteiger partial charge in [0.25, 0.3) is 0 Å². The predicted molar refractivity (Wildman–Crippen MR) is 76.7 cm³/mol. The van der Waals surface area contributed by atoms with Crippen molar-refractivity contribution in [3.63, 3.8) is 0 Å². The molecule has 6 rings (SSSR count). The molecule has 0 aromatic heterocycles. The molecule has 106 valence electrons. The zero-order valence-corrected chi connectivity index (χ0v) is 11.7. The number of imide groups is 1. The zero-order valence-electron chi connectivity index (χ0n) is 11.7. The molecule has 1 aromatic rings. The van der Waals surface area contributed by atoms with Crippen molar-refractivity contribution in [3.05, 3.63) is 48.0 Å². The van der Waals surface area contributed by atoms with E-state index in [0.29, 0.717) is 30.2 Å². The number of likely N-dealkylation sites (tertiary alicyclic amines) is 1. The van der Waals surface area contributed by atoms with E-state index < -0.39 is 0 Å². The van der Waals surface area contributed by atoms with Crippen LogP contribution in [-0.4, -0.2) is 16.7 Å². The number of allylic oxidation sites excluding steroid dienone is 2. The minimum Gasteiger partial charge on any atom is -0.278 e. The maximum atomic E-state index is 12.8. The van der Waals surface area contributed by atoms with E-state index in [0.717, 1.165) is 5.56 Å². The standard InChI is InChI=1S/C18H17NO2/c20-17-15-11-6-7-12(14-8-13(11)14)16(15)18(21)19(17)9-10-4-2-1-3-5-10/h1-7,11-16H,8-9H2/t11-,12-,13-,14-,15-,16+/m0/s1. The predicted octanol–water partition coefficient (Wildman–Crippen LogP) is 2.24. The summed E-state index contributed by atoms with van der Waals surface area (Å²) in [6, 6.07) is 9.82. The van der Waals surface area contributed by atoms with E-state index in [-0.39, 0.29) is 23.7 Å². The molecule has 1 aliphatic heterocycles. The number of carbonyl (C=O) groups excluding carboxylic acids is 2. The van der Waals surface area contributed by atoms with Crippen molar-refractivity contribution in [1.82, 2.24) is 4.90 Å². The number of hydrogen-bond donors (Lipinski definition) is 0. The highest BCUT2D eigenvalue weighted by atomic mass is 16.2. The Hall–Kier alpha value is -1.90. The molecule has 0 radical (unpaired) electrons. The van der Waals surface area contributed by atoms with Crippen molar-refractivity contribution >= 4 is 11.8 Å². The molecular formula is C18H17NO2. The average Bonchev–Trinajstić information content (AvgIpc) is 3.30. The maximum Gasteiger partial charge on any atom is 0.234 e. The molecule has 6 atom stereocenters. The minimum absolute atomic E-state index is 0.0681. The highest BCUT2D eigenvalue weighted by Crippen LogP contribution is 2.65. The molecule has 2 saturated carbocycles. The van der Waals surface area contributed by atoms with Gasteiger partial charge in [-0.05, 0) is 35.7 Å². The molecule has 4 aliphatic carbocycles. The fourth-order valence-corrected chi connectivity index (χ4v) is 4.94. The van der Waals surface area contributed by atoms with Crippen LogP contribution in [0.2, 0.25) is 0 Å². The Kier molecular flexibility index (Phi) is 2.15. The van der Waals surface area contributed by atoms with Crippen molar-refractivity contribution in [2.45, 2.75) is 13.0 Å². The van der Waals surface area contributed by atoms with Gasteiger partial charge in [0.1, 0.15) is 0 Å². The Morgan fingerprint density at radius 3 is 2.05 bits per heavy atom. The van der Waals surface area contributed by atoms with Gasteiger partial charge >= 0.3 is 0 Å². The quantitative estimate of drug-likeness (QED) is 0.615. The third-order valence-electron chi connectivity index (χ3n) is 5.94. The van der Waals surface area contributed by atoms with Crippen LogP contribution in [0.4, 0.5) is 0 Å². The monoisotopic (exact) mass is 279 g/mol. The van der Waals surface area contributed by atoms with Crippen LogP contribution in [0.25, 0.3) is 0 Å². The van der Waals surface area contributed by atoms with Crippen molar-refractivity contribution in [2.24, 2.45) is 35.5 Å². The van der Waals surface area contributed by atoms with Crippen LogP contribution in [0, 0.1) is 35.5 Å². The SMILES string of the molecule is O=C1[C@@H]2[C@H]3C=C[C@@H]([C@@H]4C[C@@H]34)[C@@H]2C(=O)N1Cc1ccccc1. The lowest BCUT2D eigenvalue weighted by Crippen LogP contribution is -2.40. The van der Waals surface area contributed by atoms with E-state index >= 15 is 0 Å². The second-order valence-corrected chi connectivity index (χ2v) is 6.90. The molecule has 5 aliphatic rings. The topological polar surface area (TPSA) is 37.4 Å². The number of rotatable bonds is 2. The number of amides is 2. The van der Waals surface area contributed by atoms with Crippen LogP contribution < -0.4 is 0 Å². The highest BCUT2D eigenvalue weighted by molar-refractivity contribution is 6.06. The van der Waals surface area contributed by atoms with Crippen molar-refractivity contribution in [2.75, 3.05) is 0 Å². The Morgan fingerprint density at radius 2 is 1.48 bits per heavy atom. The van der Waals surface area contributed by atoms with Gasteiger partial charge in [0.05, 0.1) is 18.4 Å². The molecule has 2 amide bonds. The molecule has 0 unspecified atom stereocenters. The molecular weight excluding hydrogens is 262 g/mol. The molecule has 0 N–H and O–H groups in total. The van der Waals surface area contributed by atoms with Crippen molar-refractivity contribution < 1.29 is 9.59 Å². The lowest BCUT2D eigenvalue weighted by Gasteiger charge is -2.37. The summed E-state index contributed by atoms with van der Waals surface area (Å²) in [4.78, 5) is 27.1. The van der Waals surface area contributed by atoms with Gasteiger partial charge in [-0.1, -0.05) is 42.5 Å². The second-order valence-electron chi connectivity index (χ2n) is 6.90. The second kappa shape index (κ2) is 3.85. The first kappa shape index (κ1) is 11.7. The average molecular weight is 279 g/mol. The first-order chi connectivity index (χ1) is 10.3. The number of hydrogen-bond acceptors (Lipinski definition) is 2. The van der Waals surface area contributed by atoms with Gasteiger partial charge in [0.15, 0.2) is 0 Å². The van der Waals surface area contributed by atoms with E-state index in [4.69, 9.17) is 0 Å². The molecule has 3 heteroatoms. The minimum atomic E-state index is -0.0695. The van der Waals surface area contributed by atoms with Gasteiger partial charge in [0.2, 0.25) is 11.8 Å². The molecule has 2 bridgehead atoms. The maximum absolute atomic E-state index is 12.8. The Balaban J connectivity index is 1.49. The summed E-state index contributed by atoms with van der Waals surface area (Å²) in [6.07, 6.45) is 5.66. The number of benzene rings is 1. The third-order valence-corrected chi connectivity index (χ3v) is 5.94. The van der Waals surface area contributed by atoms with E-state index in [2.05, 4.69) is 12.2 Å². The lowest BCUT2D eigenvalue weighted by molar-refractivity contribution is -0.140. The van der Waals surface area contributed by atoms with Gasteiger partial charge < -0.3 is 0 Å². The fraction of sp³-hybridized carbons (Fsp3) is 0.444. The van der Waals surface area contributed by atoms with E-state index in [1.54, 1.807) is 0 Å². The van der Waals surface area contributed by atoms with Crippen molar-refractivity contribution in [1.29, 1.82) is 0 Å². The van der Waals surface area contributed by atoms with Gasteiger partial charge in [-0.3, -0.25) is 14.5 Å². The molecule has 1 heterocycles. The number of nitrogens with zero attached hydrogens (tertiary/aromatic N) is 1. The van der Waals surface area contributed by atoms with Crippen molar-refractivity contribution in [3.8, 4) is 0 Å². The van der Waals surface area contributed by atoms with E-state index in [1.165, 1.54) is 11.3 Å². The third kappa shape index (κ3) is 1.44. The van der Waals surface area contributed by atoms with Crippen LogP contribution in [-0.2, 0) is 16.1 Å². The van der Waals surface area contributed by atoms with Crippen LogP contribution in [0.5, 0.6) is 0 Å². The highest BCUT2D eigenvalue weighted by Gasteiger charge is 2.66. The molecule has 1 saturated heterocycles. The van der Waals surface area contributed by atoms with Gasteiger partial charge in [0, 0.05) is 0 Å². The Morgan fingerprint density at radius 1 is 0.905 bits per heavy atom. The molecule has 1 aromatic carbocycles. The largest absolute Gasteiger partial charge is 0.278 e. The summed E-state index contributed by atoms with van der Waals surface area (Å²) in [7, 11) is 0. The molecule has 0 spiro atoms. The summed E-state index contributed by atoms with van der Waals surface area (Å²) in [5.74, 6) is 1.99. The van der Waals surface area contributed by atoms with Gasteiger partial charge in [-0.15, -0.1) is 0 Å². The smallest absolute Gasteiger partial charge is 0.234 e. The van der Waals surface area contributed by atoms with E-state index in [9.17, 15) is 9.59 Å². The first-order valence-electron chi connectivity index (χ1n) is 7.83. The fourth-order valence-electron chi connectivity index (χ4n) is 4.94. The summed E-state index contributed by atoms with van der Waals surface area (Å²) in [6.45, 7) is 0.431. The summed E-state index contributed by atoms with van der Waals surface area (Å²) in [5, 5.41) is 0. The normalized spacial score (nSPS) is 42.2. The molecule has 3 nitrogen and oxygen atoms in total. The van der Waals surface area contributed by atoms with Crippen LogP contribution >= 0.6 is 0 Å². The van der Waals surface area contributed by atoms with Gasteiger partial charge in [-0.25, -0.2) is 0 Å². The van der Waals surface area contributed by atoms with Crippen LogP contribution in [0.1, 0.15) is 12.0 Å². The summed E-state index contributed by atoms with van der Waals surface area (Å²) >= 11 is 0. The Labute approximate surface area is 123 Å². The molecule has 21 heavy (non-hydrogen) atoms. The summed E-state index contributed by atoms with van der Waals surface area (Å²) < 4.78 is 0. The lowest BCUT2D eigenvalue weighted by atomic mass is 9.63. The van der Waals surface area contributed by atoms with Crippen LogP contribution in [0.3, 0.4) is 0 Å². The van der Waals surface area contributed by atoms with Crippen LogP contribution in [0.15, 0.2) is 42.5 Å². The zero-order chi connectivity index (χ0) is 14.1. The Bertz CT molecular complexity index is 629. The number of carbonyl (C=O) groups is 2. The molecule has 3 fully saturated rings. The van der Waals surface area contributed by atoms with Gasteiger partial charge in [-0.2, -0.15) is 0 Å². The summed E-state index contributed by atoms with van der Waals surface area (Å²) in [5.41, 5.74) is 1.03. The first-order valence-corrected chi connectivity index (χ1v) is 7.83.